The van der Waals surface area contributed by atoms with Crippen molar-refractivity contribution in [2.75, 3.05) is 0 Å². The Morgan fingerprint density at radius 2 is 1.87 bits per heavy atom. The van der Waals surface area contributed by atoms with Gasteiger partial charge in [-0.05, 0) is 49.4 Å². The summed E-state index contributed by atoms with van der Waals surface area (Å²) in [6.07, 6.45) is 1.80. The molecule has 0 radical (unpaired) electrons. The van der Waals surface area contributed by atoms with Crippen molar-refractivity contribution in [3.63, 3.8) is 0 Å². The Morgan fingerprint density at radius 1 is 1.04 bits per heavy atom. The van der Waals surface area contributed by atoms with Crippen LogP contribution in [0.2, 0.25) is 0 Å². The SMILES string of the molecule is Cc1ccnn1-c1ccc(OCc2nc3ccccc3s2)cc1. The molecule has 4 aromatic rings. The van der Waals surface area contributed by atoms with Gasteiger partial charge in [-0.3, -0.25) is 0 Å². The number of aryl methyl sites for hydroxylation is 1. The van der Waals surface area contributed by atoms with Crippen molar-refractivity contribution in [1.29, 1.82) is 0 Å². The number of aromatic nitrogens is 3. The summed E-state index contributed by atoms with van der Waals surface area (Å²) >= 11 is 1.67. The summed E-state index contributed by atoms with van der Waals surface area (Å²) < 4.78 is 8.93. The second kappa shape index (κ2) is 5.85. The van der Waals surface area contributed by atoms with E-state index in [0.717, 1.165) is 27.7 Å². The minimum absolute atomic E-state index is 0.486. The smallest absolute Gasteiger partial charge is 0.140 e. The van der Waals surface area contributed by atoms with Crippen molar-refractivity contribution in [2.45, 2.75) is 13.5 Å². The zero-order valence-corrected chi connectivity index (χ0v) is 13.5. The van der Waals surface area contributed by atoms with Gasteiger partial charge in [0.05, 0.1) is 15.9 Å². The quantitative estimate of drug-likeness (QED) is 0.560. The van der Waals surface area contributed by atoms with Crippen LogP contribution in [-0.2, 0) is 6.61 Å². The molecule has 114 valence electrons. The molecule has 0 spiro atoms. The first-order chi connectivity index (χ1) is 11.3. The van der Waals surface area contributed by atoms with Gasteiger partial charge in [0, 0.05) is 11.9 Å². The van der Waals surface area contributed by atoms with Crippen LogP contribution < -0.4 is 4.74 Å². The topological polar surface area (TPSA) is 39.9 Å². The number of thiazole rings is 1. The van der Waals surface area contributed by atoms with Gasteiger partial charge in [0.25, 0.3) is 0 Å². The number of benzene rings is 2. The molecule has 2 aromatic carbocycles. The van der Waals surface area contributed by atoms with E-state index in [0.29, 0.717) is 6.61 Å². The van der Waals surface area contributed by atoms with Gasteiger partial charge in [-0.15, -0.1) is 11.3 Å². The zero-order valence-electron chi connectivity index (χ0n) is 12.6. The number of fused-ring (bicyclic) bond motifs is 1. The van der Waals surface area contributed by atoms with Crippen LogP contribution in [0, 0.1) is 6.92 Å². The number of para-hydroxylation sites is 1. The molecule has 0 amide bonds. The molecule has 0 atom stereocenters. The number of hydrogen-bond donors (Lipinski definition) is 0. The normalized spacial score (nSPS) is 11.0. The van der Waals surface area contributed by atoms with E-state index in [-0.39, 0.29) is 0 Å². The lowest BCUT2D eigenvalue weighted by Gasteiger charge is -2.07. The first-order valence-corrected chi connectivity index (χ1v) is 8.19. The molecule has 0 aliphatic heterocycles. The second-order valence-electron chi connectivity index (χ2n) is 5.24. The third-order valence-electron chi connectivity index (χ3n) is 3.61. The largest absolute Gasteiger partial charge is 0.486 e. The molecule has 0 bridgehead atoms. The van der Waals surface area contributed by atoms with Crippen LogP contribution in [-0.4, -0.2) is 14.8 Å². The second-order valence-corrected chi connectivity index (χ2v) is 6.36. The molecule has 5 heteroatoms. The van der Waals surface area contributed by atoms with Crippen molar-refractivity contribution in [2.24, 2.45) is 0 Å². The predicted octanol–water partition coefficient (Wildman–Crippen LogP) is 4.37. The Kier molecular flexibility index (Phi) is 3.55. The van der Waals surface area contributed by atoms with Gasteiger partial charge in [-0.25, -0.2) is 9.67 Å². The molecular weight excluding hydrogens is 306 g/mol. The summed E-state index contributed by atoms with van der Waals surface area (Å²) in [7, 11) is 0. The summed E-state index contributed by atoms with van der Waals surface area (Å²) in [5.74, 6) is 0.831. The van der Waals surface area contributed by atoms with E-state index in [9.17, 15) is 0 Å². The van der Waals surface area contributed by atoms with Gasteiger partial charge in [-0.1, -0.05) is 12.1 Å². The van der Waals surface area contributed by atoms with Gasteiger partial charge in [0.15, 0.2) is 0 Å². The Bertz CT molecular complexity index is 907. The molecule has 0 fully saturated rings. The summed E-state index contributed by atoms with van der Waals surface area (Å²) in [5, 5.41) is 5.29. The molecule has 0 aliphatic carbocycles. The summed E-state index contributed by atoms with van der Waals surface area (Å²) in [4.78, 5) is 4.58. The minimum atomic E-state index is 0.486. The lowest BCUT2D eigenvalue weighted by molar-refractivity contribution is 0.306. The lowest BCUT2D eigenvalue weighted by atomic mass is 10.3. The highest BCUT2D eigenvalue weighted by Crippen LogP contribution is 2.23. The highest BCUT2D eigenvalue weighted by atomic mass is 32.1. The van der Waals surface area contributed by atoms with Crippen LogP contribution in [0.4, 0.5) is 0 Å². The summed E-state index contributed by atoms with van der Waals surface area (Å²) in [6.45, 7) is 2.52. The lowest BCUT2D eigenvalue weighted by Crippen LogP contribution is -1.99. The predicted molar refractivity (Wildman–Crippen MR) is 92.3 cm³/mol. The van der Waals surface area contributed by atoms with E-state index in [1.54, 1.807) is 17.5 Å². The van der Waals surface area contributed by atoms with Gasteiger partial charge in [-0.2, -0.15) is 5.10 Å². The van der Waals surface area contributed by atoms with Crippen LogP contribution in [0.3, 0.4) is 0 Å². The Balaban J connectivity index is 1.48. The van der Waals surface area contributed by atoms with Gasteiger partial charge < -0.3 is 4.74 Å². The first kappa shape index (κ1) is 14.0. The fourth-order valence-corrected chi connectivity index (χ4v) is 3.33. The molecule has 0 aliphatic rings. The number of rotatable bonds is 4. The average Bonchev–Trinajstić information content (AvgIpc) is 3.19. The first-order valence-electron chi connectivity index (χ1n) is 7.38. The molecular formula is C18H15N3OS. The van der Waals surface area contributed by atoms with Crippen LogP contribution in [0.5, 0.6) is 5.75 Å². The van der Waals surface area contributed by atoms with Crippen molar-refractivity contribution < 1.29 is 4.74 Å². The molecule has 0 saturated carbocycles. The average molecular weight is 321 g/mol. The molecule has 0 unspecified atom stereocenters. The van der Waals surface area contributed by atoms with Crippen molar-refractivity contribution in [1.82, 2.24) is 14.8 Å². The number of ether oxygens (including phenoxy) is 1. The third-order valence-corrected chi connectivity index (χ3v) is 4.62. The van der Waals surface area contributed by atoms with E-state index in [1.807, 2.05) is 60.1 Å². The highest BCUT2D eigenvalue weighted by Gasteiger charge is 2.05. The maximum atomic E-state index is 5.84. The van der Waals surface area contributed by atoms with Crippen molar-refractivity contribution in [3.05, 3.63) is 71.5 Å². The van der Waals surface area contributed by atoms with Gasteiger partial charge in [0.1, 0.15) is 17.4 Å². The molecule has 2 aromatic heterocycles. The fourth-order valence-electron chi connectivity index (χ4n) is 2.45. The number of hydrogen-bond acceptors (Lipinski definition) is 4. The highest BCUT2D eigenvalue weighted by molar-refractivity contribution is 7.18. The Hall–Kier alpha value is -2.66. The third kappa shape index (κ3) is 2.83. The van der Waals surface area contributed by atoms with E-state index >= 15 is 0 Å². The monoisotopic (exact) mass is 321 g/mol. The van der Waals surface area contributed by atoms with E-state index in [4.69, 9.17) is 4.74 Å². The van der Waals surface area contributed by atoms with E-state index < -0.39 is 0 Å². The molecule has 23 heavy (non-hydrogen) atoms. The van der Waals surface area contributed by atoms with Crippen LogP contribution >= 0.6 is 11.3 Å². The summed E-state index contributed by atoms with van der Waals surface area (Å²) in [5.41, 5.74) is 3.16. The maximum Gasteiger partial charge on any atom is 0.140 e. The zero-order chi connectivity index (χ0) is 15.6. The van der Waals surface area contributed by atoms with Crippen LogP contribution in [0.1, 0.15) is 10.7 Å². The summed E-state index contributed by atoms with van der Waals surface area (Å²) in [6, 6.07) is 18.1. The standard InChI is InChI=1S/C18H15N3OS/c1-13-10-11-19-21(13)14-6-8-15(9-7-14)22-12-18-20-16-4-2-3-5-17(16)23-18/h2-11H,12H2,1H3. The minimum Gasteiger partial charge on any atom is -0.486 e. The molecule has 0 N–H and O–H groups in total. The molecule has 4 nitrogen and oxygen atoms in total. The van der Waals surface area contributed by atoms with Gasteiger partial charge in [0.2, 0.25) is 0 Å². The van der Waals surface area contributed by atoms with Gasteiger partial charge >= 0.3 is 0 Å². The Labute approximate surface area is 138 Å². The van der Waals surface area contributed by atoms with E-state index in [1.165, 1.54) is 4.70 Å². The number of nitrogens with zero attached hydrogens (tertiary/aromatic N) is 3. The molecule has 4 rings (SSSR count). The van der Waals surface area contributed by atoms with Crippen LogP contribution in [0.15, 0.2) is 60.8 Å². The maximum absolute atomic E-state index is 5.84. The fraction of sp³-hybridized carbons (Fsp3) is 0.111. The molecule has 0 saturated heterocycles. The van der Waals surface area contributed by atoms with Crippen molar-refractivity contribution >= 4 is 21.6 Å². The van der Waals surface area contributed by atoms with Crippen LogP contribution in [0.25, 0.3) is 15.9 Å². The Morgan fingerprint density at radius 3 is 2.61 bits per heavy atom. The molecule has 2 heterocycles. The van der Waals surface area contributed by atoms with Crippen molar-refractivity contribution in [3.8, 4) is 11.4 Å². The van der Waals surface area contributed by atoms with E-state index in [2.05, 4.69) is 16.1 Å².